The average molecular weight is 657 g/mol. The number of aromatic hydroxyl groups is 1. The van der Waals surface area contributed by atoms with Gasteiger partial charge in [-0.15, -0.1) is 0 Å². The summed E-state index contributed by atoms with van der Waals surface area (Å²) in [4.78, 5) is 9.54. The molecular formula is C45H34F2N2O. The standard InChI is InChI=1S/C23H18FN.C22H16FNO/c1-15-11-12-21(24)20(13-15)23-19(18-9-5-3-7-16(18)2)14-17-8-4-6-10-22(17)25-23;1-14-10-11-19(23)18(12-14)22-17(16-7-3-5-9-21(16)25)13-15-6-2-4-8-20(15)24-22/h3-14H,1-2H3;2-13,25H,1H3. The van der Waals surface area contributed by atoms with Crippen LogP contribution in [0.15, 0.2) is 146 Å². The Morgan fingerprint density at radius 3 is 1.38 bits per heavy atom. The second-order valence-corrected chi connectivity index (χ2v) is 12.5. The summed E-state index contributed by atoms with van der Waals surface area (Å²) < 4.78 is 29.2. The lowest BCUT2D eigenvalue weighted by Crippen LogP contribution is -1.95. The summed E-state index contributed by atoms with van der Waals surface area (Å²) in [6.45, 7) is 5.96. The van der Waals surface area contributed by atoms with Crippen molar-refractivity contribution in [3.63, 3.8) is 0 Å². The number of halogens is 2. The van der Waals surface area contributed by atoms with Gasteiger partial charge in [0, 0.05) is 38.6 Å². The van der Waals surface area contributed by atoms with Crippen LogP contribution in [-0.2, 0) is 0 Å². The van der Waals surface area contributed by atoms with Crippen molar-refractivity contribution in [3.05, 3.63) is 174 Å². The first-order chi connectivity index (χ1) is 24.3. The molecule has 8 rings (SSSR count). The Labute approximate surface area is 290 Å². The van der Waals surface area contributed by atoms with Gasteiger partial charge in [-0.2, -0.15) is 0 Å². The summed E-state index contributed by atoms with van der Waals surface area (Å²) >= 11 is 0. The number of aryl methyl sites for hydroxylation is 3. The largest absolute Gasteiger partial charge is 0.507 e. The van der Waals surface area contributed by atoms with E-state index in [2.05, 4.69) is 25.1 Å². The van der Waals surface area contributed by atoms with Crippen molar-refractivity contribution in [2.45, 2.75) is 20.8 Å². The number of nitrogens with zero attached hydrogens (tertiary/aromatic N) is 2. The molecule has 0 aliphatic carbocycles. The van der Waals surface area contributed by atoms with Gasteiger partial charge in [0.25, 0.3) is 0 Å². The fraction of sp³-hybridized carbons (Fsp3) is 0.0667. The van der Waals surface area contributed by atoms with Crippen molar-refractivity contribution in [3.8, 4) is 50.5 Å². The highest BCUT2D eigenvalue weighted by Gasteiger charge is 2.18. The van der Waals surface area contributed by atoms with Crippen LogP contribution in [0.4, 0.5) is 8.78 Å². The number of phenolic OH excluding ortho intramolecular Hbond substituents is 1. The first-order valence-corrected chi connectivity index (χ1v) is 16.4. The lowest BCUT2D eigenvalue weighted by atomic mass is 9.94. The highest BCUT2D eigenvalue weighted by molar-refractivity contribution is 5.94. The third-order valence-corrected chi connectivity index (χ3v) is 8.83. The molecule has 0 saturated heterocycles. The van der Waals surface area contributed by atoms with Gasteiger partial charge in [-0.05, 0) is 86.5 Å². The molecule has 8 aromatic rings. The van der Waals surface area contributed by atoms with Crippen LogP contribution in [-0.4, -0.2) is 15.1 Å². The van der Waals surface area contributed by atoms with Gasteiger partial charge in [-0.25, -0.2) is 18.7 Å². The van der Waals surface area contributed by atoms with Gasteiger partial charge >= 0.3 is 0 Å². The Kier molecular flexibility index (Phi) is 8.88. The van der Waals surface area contributed by atoms with Gasteiger partial charge in [0.2, 0.25) is 0 Å². The van der Waals surface area contributed by atoms with Crippen LogP contribution in [0, 0.1) is 32.4 Å². The van der Waals surface area contributed by atoms with E-state index in [0.29, 0.717) is 33.6 Å². The predicted molar refractivity (Wildman–Crippen MR) is 201 cm³/mol. The second kappa shape index (κ2) is 13.7. The molecule has 0 fully saturated rings. The molecule has 2 heterocycles. The molecule has 50 heavy (non-hydrogen) atoms. The molecule has 0 spiro atoms. The van der Waals surface area contributed by atoms with E-state index in [-0.39, 0.29) is 17.4 Å². The number of para-hydroxylation sites is 3. The molecule has 0 unspecified atom stereocenters. The van der Waals surface area contributed by atoms with E-state index in [1.165, 1.54) is 12.1 Å². The maximum absolute atomic E-state index is 14.6. The molecule has 0 bridgehead atoms. The minimum absolute atomic E-state index is 0.147. The van der Waals surface area contributed by atoms with Crippen LogP contribution in [0.5, 0.6) is 5.75 Å². The van der Waals surface area contributed by atoms with Crippen LogP contribution in [0.25, 0.3) is 66.6 Å². The highest BCUT2D eigenvalue weighted by atomic mass is 19.1. The normalized spacial score (nSPS) is 11.0. The molecule has 244 valence electrons. The van der Waals surface area contributed by atoms with Crippen molar-refractivity contribution in [2.24, 2.45) is 0 Å². The Morgan fingerprint density at radius 1 is 0.420 bits per heavy atom. The summed E-state index contributed by atoms with van der Waals surface area (Å²) in [5.74, 6) is -0.429. The third kappa shape index (κ3) is 6.46. The minimum atomic E-state index is -0.329. The van der Waals surface area contributed by atoms with Gasteiger partial charge < -0.3 is 5.11 Å². The fourth-order valence-corrected chi connectivity index (χ4v) is 6.27. The van der Waals surface area contributed by atoms with E-state index in [1.54, 1.807) is 30.3 Å². The van der Waals surface area contributed by atoms with Gasteiger partial charge in [0.15, 0.2) is 0 Å². The number of hydrogen-bond donors (Lipinski definition) is 1. The van der Waals surface area contributed by atoms with Crippen LogP contribution in [0.1, 0.15) is 16.7 Å². The molecule has 1 N–H and O–H groups in total. The molecule has 0 aliphatic rings. The Morgan fingerprint density at radius 2 is 0.860 bits per heavy atom. The van der Waals surface area contributed by atoms with Crippen LogP contribution >= 0.6 is 0 Å². The van der Waals surface area contributed by atoms with Crippen LogP contribution in [0.2, 0.25) is 0 Å². The number of hydrogen-bond acceptors (Lipinski definition) is 3. The van der Waals surface area contributed by atoms with Gasteiger partial charge in [-0.3, -0.25) is 0 Å². The molecule has 2 aromatic heterocycles. The summed E-state index contributed by atoms with van der Waals surface area (Å²) in [5.41, 5.74) is 10.4. The van der Waals surface area contributed by atoms with E-state index in [1.807, 2.05) is 98.8 Å². The smallest absolute Gasteiger partial charge is 0.132 e. The predicted octanol–water partition coefficient (Wildman–Crippen LogP) is 12.0. The number of benzene rings is 6. The molecule has 0 amide bonds. The first kappa shape index (κ1) is 32.4. The number of aromatic nitrogens is 2. The van der Waals surface area contributed by atoms with E-state index < -0.39 is 0 Å². The van der Waals surface area contributed by atoms with Crippen molar-refractivity contribution in [2.75, 3.05) is 0 Å². The minimum Gasteiger partial charge on any atom is -0.507 e. The molecule has 0 saturated carbocycles. The van der Waals surface area contributed by atoms with Gasteiger partial charge in [-0.1, -0.05) is 102 Å². The van der Waals surface area contributed by atoms with Crippen LogP contribution < -0.4 is 0 Å². The molecule has 3 nitrogen and oxygen atoms in total. The average Bonchev–Trinajstić information content (AvgIpc) is 3.13. The Hall–Kier alpha value is -6.20. The van der Waals surface area contributed by atoms with Crippen LogP contribution in [0.3, 0.4) is 0 Å². The third-order valence-electron chi connectivity index (χ3n) is 8.83. The zero-order valence-electron chi connectivity index (χ0n) is 28.0. The van der Waals surface area contributed by atoms with E-state index >= 15 is 0 Å². The van der Waals surface area contributed by atoms with Gasteiger partial charge in [0.1, 0.15) is 17.4 Å². The molecular weight excluding hydrogens is 623 g/mol. The molecule has 0 atom stereocenters. The maximum Gasteiger partial charge on any atom is 0.132 e. The molecule has 0 aliphatic heterocycles. The van der Waals surface area contributed by atoms with Crippen molar-refractivity contribution >= 4 is 21.8 Å². The quantitative estimate of drug-likeness (QED) is 0.205. The Balaban J connectivity index is 0.000000157. The van der Waals surface area contributed by atoms with Crippen molar-refractivity contribution < 1.29 is 13.9 Å². The maximum atomic E-state index is 14.6. The number of rotatable bonds is 4. The first-order valence-electron chi connectivity index (χ1n) is 16.4. The van der Waals surface area contributed by atoms with E-state index in [0.717, 1.165) is 49.6 Å². The topological polar surface area (TPSA) is 46.0 Å². The lowest BCUT2D eigenvalue weighted by molar-refractivity contribution is 0.477. The number of fused-ring (bicyclic) bond motifs is 2. The lowest BCUT2D eigenvalue weighted by Gasteiger charge is -2.14. The highest BCUT2D eigenvalue weighted by Crippen LogP contribution is 2.39. The zero-order chi connectivity index (χ0) is 34.8. The Bertz CT molecular complexity index is 2350. The van der Waals surface area contributed by atoms with Crippen molar-refractivity contribution in [1.82, 2.24) is 9.97 Å². The molecule has 5 heteroatoms. The number of pyridine rings is 2. The summed E-state index contributed by atoms with van der Waals surface area (Å²) in [6.07, 6.45) is 0. The van der Waals surface area contributed by atoms with Gasteiger partial charge in [0.05, 0.1) is 22.4 Å². The van der Waals surface area contributed by atoms with E-state index in [9.17, 15) is 13.9 Å². The summed E-state index contributed by atoms with van der Waals surface area (Å²) in [7, 11) is 0. The summed E-state index contributed by atoms with van der Waals surface area (Å²) in [6, 6.07) is 45.1. The van der Waals surface area contributed by atoms with Crippen molar-refractivity contribution in [1.29, 1.82) is 0 Å². The van der Waals surface area contributed by atoms with E-state index in [4.69, 9.17) is 9.97 Å². The number of phenols is 1. The molecule has 0 radical (unpaired) electrons. The zero-order valence-corrected chi connectivity index (χ0v) is 28.0. The summed E-state index contributed by atoms with van der Waals surface area (Å²) in [5, 5.41) is 12.3. The SMILES string of the molecule is Cc1ccc(F)c(-c2nc3ccccc3cc2-c2ccccc2C)c1.Cc1ccc(F)c(-c2nc3ccccc3cc2-c2ccccc2O)c1. The monoisotopic (exact) mass is 656 g/mol. The molecule has 6 aromatic carbocycles. The second-order valence-electron chi connectivity index (χ2n) is 12.5. The fourth-order valence-electron chi connectivity index (χ4n) is 6.27.